The Morgan fingerprint density at radius 3 is 2.86 bits per heavy atom. The van der Waals surface area contributed by atoms with Gasteiger partial charge in [-0.2, -0.15) is 0 Å². The first-order valence-corrected chi connectivity index (χ1v) is 4.55. The normalized spacial score (nSPS) is 11.9. The third kappa shape index (κ3) is 2.53. The molecule has 0 saturated carbocycles. The van der Waals surface area contributed by atoms with E-state index >= 15 is 0 Å². The van der Waals surface area contributed by atoms with Gasteiger partial charge >= 0.3 is 0 Å². The summed E-state index contributed by atoms with van der Waals surface area (Å²) in [5.41, 5.74) is 8.54. The Balaban J connectivity index is 2.94. The first kappa shape index (κ1) is 11.1. The molecule has 4 nitrogen and oxygen atoms in total. The topological polar surface area (TPSA) is 69.0 Å². The highest BCUT2D eigenvalue weighted by molar-refractivity contribution is 6.42. The third-order valence-electron chi connectivity index (χ3n) is 1.66. The second kappa shape index (κ2) is 5.08. The van der Waals surface area contributed by atoms with Crippen LogP contribution in [-0.2, 0) is 0 Å². The molecule has 74 valence electrons. The van der Waals surface area contributed by atoms with E-state index in [-0.39, 0.29) is 11.6 Å². The molecule has 0 aliphatic rings. The van der Waals surface area contributed by atoms with Gasteiger partial charge in [0.25, 0.3) is 0 Å². The Morgan fingerprint density at radius 2 is 2.21 bits per heavy atom. The van der Waals surface area contributed by atoms with Crippen LogP contribution < -0.4 is 0 Å². The summed E-state index contributed by atoms with van der Waals surface area (Å²) < 4.78 is 0. The maximum absolute atomic E-state index is 9.55. The average molecular weight is 232 g/mol. The van der Waals surface area contributed by atoms with Crippen LogP contribution in [0.3, 0.4) is 0 Å². The van der Waals surface area contributed by atoms with Crippen LogP contribution in [0.25, 0.3) is 10.4 Å². The van der Waals surface area contributed by atoms with Crippen molar-refractivity contribution in [1.82, 2.24) is 0 Å². The molecule has 1 aromatic rings. The van der Waals surface area contributed by atoms with Crippen molar-refractivity contribution < 1.29 is 5.11 Å². The maximum Gasteiger partial charge on any atom is 0.0861 e. The number of aliphatic hydroxyl groups excluding tert-OH is 1. The van der Waals surface area contributed by atoms with E-state index in [0.29, 0.717) is 10.6 Å². The largest absolute Gasteiger partial charge is 0.388 e. The molecular weight excluding hydrogens is 225 g/mol. The standard InChI is InChI=1S/C8H7Cl2N3O/c9-6-3-1-2-5(8(6)10)7(14)4-12-13-11/h1-3,7,14H,4H2/t7-/m0/s1. The summed E-state index contributed by atoms with van der Waals surface area (Å²) in [5.74, 6) is 0. The van der Waals surface area contributed by atoms with Crippen LogP contribution in [0, 0.1) is 0 Å². The molecule has 0 saturated heterocycles. The summed E-state index contributed by atoms with van der Waals surface area (Å²) in [6, 6.07) is 4.92. The van der Waals surface area contributed by atoms with E-state index in [0.717, 1.165) is 0 Å². The number of halogens is 2. The number of aliphatic hydroxyl groups is 1. The number of nitrogens with zero attached hydrogens (tertiary/aromatic N) is 3. The second-order valence-corrected chi connectivity index (χ2v) is 3.36. The van der Waals surface area contributed by atoms with Crippen LogP contribution in [0.1, 0.15) is 11.7 Å². The van der Waals surface area contributed by atoms with Crippen LogP contribution in [0.5, 0.6) is 0 Å². The van der Waals surface area contributed by atoms with Gasteiger partial charge in [0.1, 0.15) is 0 Å². The first-order valence-electron chi connectivity index (χ1n) is 3.79. The van der Waals surface area contributed by atoms with E-state index in [9.17, 15) is 5.11 Å². The van der Waals surface area contributed by atoms with E-state index in [4.69, 9.17) is 28.7 Å². The van der Waals surface area contributed by atoms with Crippen molar-refractivity contribution in [3.05, 3.63) is 44.3 Å². The minimum atomic E-state index is -0.919. The van der Waals surface area contributed by atoms with Crippen LogP contribution >= 0.6 is 23.2 Å². The lowest BCUT2D eigenvalue weighted by Gasteiger charge is -2.10. The van der Waals surface area contributed by atoms with Gasteiger partial charge in [-0.25, -0.2) is 0 Å². The molecule has 6 heteroatoms. The molecule has 1 atom stereocenters. The smallest absolute Gasteiger partial charge is 0.0861 e. The molecule has 0 radical (unpaired) electrons. The first-order chi connectivity index (χ1) is 6.66. The van der Waals surface area contributed by atoms with Gasteiger partial charge in [0.15, 0.2) is 0 Å². The summed E-state index contributed by atoms with van der Waals surface area (Å²) in [6.07, 6.45) is -0.919. The van der Waals surface area contributed by atoms with Gasteiger partial charge in [-0.15, -0.1) is 0 Å². The van der Waals surface area contributed by atoms with E-state index < -0.39 is 6.10 Å². The molecule has 0 spiro atoms. The summed E-state index contributed by atoms with van der Waals surface area (Å²) in [6.45, 7) is -0.0590. The van der Waals surface area contributed by atoms with Gasteiger partial charge in [0.05, 0.1) is 22.7 Å². The Morgan fingerprint density at radius 1 is 1.50 bits per heavy atom. The Labute approximate surface area is 90.7 Å². The fourth-order valence-corrected chi connectivity index (χ4v) is 1.42. The number of benzene rings is 1. The number of rotatable bonds is 3. The number of hydrogen-bond donors (Lipinski definition) is 1. The second-order valence-electron chi connectivity index (χ2n) is 2.57. The highest BCUT2D eigenvalue weighted by Gasteiger charge is 2.12. The van der Waals surface area contributed by atoms with Crippen LogP contribution in [-0.4, -0.2) is 11.7 Å². The lowest BCUT2D eigenvalue weighted by Crippen LogP contribution is -2.01. The van der Waals surface area contributed by atoms with Gasteiger partial charge in [-0.3, -0.25) is 0 Å². The van der Waals surface area contributed by atoms with Crippen molar-refractivity contribution in [3.8, 4) is 0 Å². The van der Waals surface area contributed by atoms with Gasteiger partial charge in [0.2, 0.25) is 0 Å². The van der Waals surface area contributed by atoms with Crippen molar-refractivity contribution in [2.45, 2.75) is 6.10 Å². The summed E-state index contributed by atoms with van der Waals surface area (Å²) in [5, 5.41) is 13.4. The SMILES string of the molecule is [N-]=[N+]=NC[C@H](O)c1cccc(Cl)c1Cl. The molecule has 1 N–H and O–H groups in total. The molecule has 0 bridgehead atoms. The van der Waals surface area contributed by atoms with Gasteiger partial charge in [-0.05, 0) is 11.6 Å². The molecule has 0 aliphatic heterocycles. The van der Waals surface area contributed by atoms with Crippen molar-refractivity contribution in [1.29, 1.82) is 0 Å². The van der Waals surface area contributed by atoms with Crippen molar-refractivity contribution in [2.24, 2.45) is 5.11 Å². The molecule has 0 heterocycles. The highest BCUT2D eigenvalue weighted by atomic mass is 35.5. The minimum Gasteiger partial charge on any atom is -0.388 e. The van der Waals surface area contributed by atoms with Gasteiger partial charge < -0.3 is 5.11 Å². The van der Waals surface area contributed by atoms with Gasteiger partial charge in [-0.1, -0.05) is 40.4 Å². The fraction of sp³-hybridized carbons (Fsp3) is 0.250. The lowest BCUT2D eigenvalue weighted by atomic mass is 10.1. The zero-order valence-electron chi connectivity index (χ0n) is 7.06. The van der Waals surface area contributed by atoms with E-state index in [1.807, 2.05) is 0 Å². The molecule has 0 fully saturated rings. The molecule has 1 aromatic carbocycles. The zero-order valence-corrected chi connectivity index (χ0v) is 8.57. The van der Waals surface area contributed by atoms with Crippen molar-refractivity contribution >= 4 is 23.2 Å². The van der Waals surface area contributed by atoms with E-state index in [1.54, 1.807) is 18.2 Å². The van der Waals surface area contributed by atoms with Crippen molar-refractivity contribution in [2.75, 3.05) is 6.54 Å². The molecular formula is C8H7Cl2N3O. The quantitative estimate of drug-likeness (QED) is 0.484. The van der Waals surface area contributed by atoms with Crippen LogP contribution in [0.15, 0.2) is 23.3 Å². The molecule has 0 amide bonds. The predicted octanol–water partition coefficient (Wildman–Crippen LogP) is 3.34. The monoisotopic (exact) mass is 231 g/mol. The Bertz CT molecular complexity index is 377. The average Bonchev–Trinajstić information content (AvgIpc) is 2.18. The molecule has 14 heavy (non-hydrogen) atoms. The van der Waals surface area contributed by atoms with E-state index in [2.05, 4.69) is 10.0 Å². The summed E-state index contributed by atoms with van der Waals surface area (Å²) in [4.78, 5) is 2.54. The fourth-order valence-electron chi connectivity index (χ4n) is 0.990. The molecule has 0 aliphatic carbocycles. The third-order valence-corrected chi connectivity index (χ3v) is 2.49. The lowest BCUT2D eigenvalue weighted by molar-refractivity contribution is 0.187. The number of azide groups is 1. The zero-order chi connectivity index (χ0) is 10.6. The summed E-state index contributed by atoms with van der Waals surface area (Å²) in [7, 11) is 0. The predicted molar refractivity (Wildman–Crippen MR) is 55.4 cm³/mol. The summed E-state index contributed by atoms with van der Waals surface area (Å²) >= 11 is 11.6. The highest BCUT2D eigenvalue weighted by Crippen LogP contribution is 2.29. The molecule has 0 unspecified atom stereocenters. The Hall–Kier alpha value is -0.930. The van der Waals surface area contributed by atoms with Crippen LogP contribution in [0.4, 0.5) is 0 Å². The van der Waals surface area contributed by atoms with Crippen LogP contribution in [0.2, 0.25) is 10.0 Å². The number of hydrogen-bond acceptors (Lipinski definition) is 2. The van der Waals surface area contributed by atoms with Gasteiger partial charge in [0, 0.05) is 10.5 Å². The molecule has 0 aromatic heterocycles. The minimum absolute atomic E-state index is 0.0590. The van der Waals surface area contributed by atoms with E-state index in [1.165, 1.54) is 0 Å². The van der Waals surface area contributed by atoms with Crippen molar-refractivity contribution in [3.63, 3.8) is 0 Å². The Kier molecular flexibility index (Phi) is 4.04. The molecule has 1 rings (SSSR count). The maximum atomic E-state index is 9.55.